The fraction of sp³-hybridized carbons (Fsp3) is 0.529. The van der Waals surface area contributed by atoms with Crippen LogP contribution in [-0.4, -0.2) is 48.3 Å². The Kier molecular flexibility index (Phi) is 5.77. The minimum Gasteiger partial charge on any atom is -0.376 e. The number of aromatic nitrogens is 2. The highest BCUT2D eigenvalue weighted by Crippen LogP contribution is 2.13. The third-order valence-electron chi connectivity index (χ3n) is 3.97. The van der Waals surface area contributed by atoms with Gasteiger partial charge in [-0.3, -0.25) is 4.79 Å². The number of rotatable bonds is 8. The lowest BCUT2D eigenvalue weighted by Gasteiger charge is -2.10. The van der Waals surface area contributed by atoms with Gasteiger partial charge in [-0.2, -0.15) is 0 Å². The summed E-state index contributed by atoms with van der Waals surface area (Å²) in [5.74, 6) is 0.382. The molecule has 2 heterocycles. The number of nitrogens with zero attached hydrogens (tertiary/aromatic N) is 1. The number of fused-ring (bicyclic) bond motifs is 1. The number of hydrogen-bond donors (Lipinski definition) is 2. The quantitative estimate of drug-likeness (QED) is 0.723. The van der Waals surface area contributed by atoms with Gasteiger partial charge in [-0.15, -0.1) is 0 Å². The van der Waals surface area contributed by atoms with E-state index in [2.05, 4.69) is 15.3 Å². The molecule has 0 radical (unpaired) electrons. The molecule has 0 bridgehead atoms. The zero-order chi connectivity index (χ0) is 16.8. The van der Waals surface area contributed by atoms with E-state index in [0.29, 0.717) is 25.1 Å². The average Bonchev–Trinajstić information content (AvgIpc) is 3.20. The first-order valence-corrected chi connectivity index (χ1v) is 8.31. The molecule has 6 nitrogen and oxygen atoms in total. The number of amides is 1. The summed E-state index contributed by atoms with van der Waals surface area (Å²) < 4.78 is 23.9. The second-order valence-corrected chi connectivity index (χ2v) is 5.95. The molecule has 0 saturated carbocycles. The number of carbonyl (C=O) groups excluding carboxylic acids is 1. The molecule has 3 rings (SSSR count). The minimum absolute atomic E-state index is 0.0593. The van der Waals surface area contributed by atoms with Gasteiger partial charge in [-0.25, -0.2) is 9.37 Å². The minimum atomic E-state index is -0.284. The summed E-state index contributed by atoms with van der Waals surface area (Å²) in [6.45, 7) is 1.87. The van der Waals surface area contributed by atoms with Gasteiger partial charge in [0.2, 0.25) is 5.91 Å². The van der Waals surface area contributed by atoms with E-state index in [1.165, 1.54) is 12.1 Å². The van der Waals surface area contributed by atoms with Gasteiger partial charge in [0, 0.05) is 19.6 Å². The van der Waals surface area contributed by atoms with Crippen molar-refractivity contribution in [2.75, 3.05) is 26.4 Å². The number of benzene rings is 1. The third-order valence-corrected chi connectivity index (χ3v) is 3.97. The van der Waals surface area contributed by atoms with E-state index in [1.807, 2.05) is 0 Å². The van der Waals surface area contributed by atoms with Crippen LogP contribution in [0, 0.1) is 5.82 Å². The first-order chi connectivity index (χ1) is 11.7. The lowest BCUT2D eigenvalue weighted by Crippen LogP contribution is -2.30. The van der Waals surface area contributed by atoms with Crippen molar-refractivity contribution in [2.24, 2.45) is 0 Å². The monoisotopic (exact) mass is 335 g/mol. The van der Waals surface area contributed by atoms with E-state index in [4.69, 9.17) is 9.47 Å². The summed E-state index contributed by atoms with van der Waals surface area (Å²) in [6, 6.07) is 4.47. The van der Waals surface area contributed by atoms with Gasteiger partial charge in [-0.05, 0) is 37.5 Å². The molecule has 24 heavy (non-hydrogen) atoms. The summed E-state index contributed by atoms with van der Waals surface area (Å²) in [4.78, 5) is 19.1. The summed E-state index contributed by atoms with van der Waals surface area (Å²) in [7, 11) is 0. The number of imidazole rings is 1. The largest absolute Gasteiger partial charge is 0.376 e. The third kappa shape index (κ3) is 4.75. The summed E-state index contributed by atoms with van der Waals surface area (Å²) in [5, 5.41) is 2.81. The Balaban J connectivity index is 1.31. The zero-order valence-electron chi connectivity index (χ0n) is 13.5. The predicted molar refractivity (Wildman–Crippen MR) is 87.2 cm³/mol. The smallest absolute Gasteiger partial charge is 0.245 e. The first kappa shape index (κ1) is 16.9. The maximum atomic E-state index is 13.1. The molecular formula is C17H22FN3O3. The lowest BCUT2D eigenvalue weighted by atomic mass is 10.2. The molecule has 1 atom stereocenters. The molecule has 2 N–H and O–H groups in total. The van der Waals surface area contributed by atoms with Crippen LogP contribution >= 0.6 is 0 Å². The molecular weight excluding hydrogens is 313 g/mol. The Morgan fingerprint density at radius 3 is 3.25 bits per heavy atom. The van der Waals surface area contributed by atoms with Crippen LogP contribution in [0.1, 0.15) is 25.1 Å². The van der Waals surface area contributed by atoms with E-state index >= 15 is 0 Å². The zero-order valence-corrected chi connectivity index (χ0v) is 13.5. The van der Waals surface area contributed by atoms with Crippen molar-refractivity contribution in [3.63, 3.8) is 0 Å². The highest BCUT2D eigenvalue weighted by molar-refractivity contribution is 5.77. The van der Waals surface area contributed by atoms with Gasteiger partial charge in [0.25, 0.3) is 0 Å². The second kappa shape index (κ2) is 8.21. The Morgan fingerprint density at radius 1 is 1.50 bits per heavy atom. The predicted octanol–water partition coefficient (Wildman–Crippen LogP) is 1.95. The van der Waals surface area contributed by atoms with Crippen LogP contribution in [-0.2, 0) is 20.7 Å². The van der Waals surface area contributed by atoms with Crippen molar-refractivity contribution in [2.45, 2.75) is 31.8 Å². The van der Waals surface area contributed by atoms with Gasteiger partial charge >= 0.3 is 0 Å². The Hall–Kier alpha value is -1.99. The molecule has 1 amide bonds. The van der Waals surface area contributed by atoms with Crippen LogP contribution in [0.2, 0.25) is 0 Å². The van der Waals surface area contributed by atoms with Crippen molar-refractivity contribution >= 4 is 16.9 Å². The van der Waals surface area contributed by atoms with Crippen LogP contribution < -0.4 is 5.32 Å². The molecule has 1 aromatic heterocycles. The van der Waals surface area contributed by atoms with E-state index in [0.717, 1.165) is 37.2 Å². The van der Waals surface area contributed by atoms with Gasteiger partial charge in [0.15, 0.2) is 0 Å². The summed E-state index contributed by atoms with van der Waals surface area (Å²) >= 11 is 0. The topological polar surface area (TPSA) is 76.2 Å². The number of aromatic amines is 1. The van der Waals surface area contributed by atoms with Crippen LogP contribution in [0.25, 0.3) is 11.0 Å². The van der Waals surface area contributed by atoms with Crippen molar-refractivity contribution in [3.05, 3.63) is 29.8 Å². The van der Waals surface area contributed by atoms with E-state index in [9.17, 15) is 9.18 Å². The molecule has 2 aromatic rings. The molecule has 130 valence electrons. The Morgan fingerprint density at radius 2 is 2.42 bits per heavy atom. The molecule has 0 spiro atoms. The molecule has 7 heteroatoms. The van der Waals surface area contributed by atoms with E-state index in [1.54, 1.807) is 6.07 Å². The summed E-state index contributed by atoms with van der Waals surface area (Å²) in [5.41, 5.74) is 1.44. The maximum absolute atomic E-state index is 13.1. The fourth-order valence-corrected chi connectivity index (χ4v) is 2.75. The molecule has 1 saturated heterocycles. The normalized spacial score (nSPS) is 17.5. The van der Waals surface area contributed by atoms with Crippen molar-refractivity contribution in [1.29, 1.82) is 0 Å². The Labute approximate surface area is 139 Å². The van der Waals surface area contributed by atoms with Crippen molar-refractivity contribution in [1.82, 2.24) is 15.3 Å². The highest BCUT2D eigenvalue weighted by Gasteiger charge is 2.15. The molecule has 1 aliphatic rings. The number of nitrogens with one attached hydrogen (secondary N) is 2. The lowest BCUT2D eigenvalue weighted by molar-refractivity contribution is -0.126. The number of ether oxygens (including phenoxy) is 2. The number of carbonyl (C=O) groups is 1. The van der Waals surface area contributed by atoms with Crippen molar-refractivity contribution in [3.8, 4) is 0 Å². The number of halogens is 1. The van der Waals surface area contributed by atoms with Gasteiger partial charge < -0.3 is 19.8 Å². The number of H-pyrrole nitrogens is 1. The first-order valence-electron chi connectivity index (χ1n) is 8.31. The molecule has 1 aromatic carbocycles. The molecule has 1 aliphatic heterocycles. The number of hydrogen-bond acceptors (Lipinski definition) is 4. The van der Waals surface area contributed by atoms with Crippen LogP contribution in [0.3, 0.4) is 0 Å². The van der Waals surface area contributed by atoms with Crippen LogP contribution in [0.4, 0.5) is 4.39 Å². The van der Waals surface area contributed by atoms with E-state index in [-0.39, 0.29) is 24.4 Å². The molecule has 1 unspecified atom stereocenters. The van der Waals surface area contributed by atoms with Crippen molar-refractivity contribution < 1.29 is 18.7 Å². The summed E-state index contributed by atoms with van der Waals surface area (Å²) in [6.07, 6.45) is 3.64. The van der Waals surface area contributed by atoms with Gasteiger partial charge in [0.05, 0.1) is 23.7 Å². The maximum Gasteiger partial charge on any atom is 0.245 e. The standard InChI is InChI=1S/C17H22FN3O3/c18-12-5-6-14-15(9-12)21-16(20-14)4-1-7-19-17(22)11-23-10-13-3-2-8-24-13/h5-6,9,13H,1-4,7-8,10-11H2,(H,19,22)(H,20,21). The van der Waals surface area contributed by atoms with Gasteiger partial charge in [-0.1, -0.05) is 0 Å². The number of aryl methyl sites for hydroxylation is 1. The van der Waals surface area contributed by atoms with E-state index < -0.39 is 0 Å². The Bertz CT molecular complexity index is 683. The molecule has 0 aliphatic carbocycles. The van der Waals surface area contributed by atoms with Crippen LogP contribution in [0.15, 0.2) is 18.2 Å². The molecule has 1 fully saturated rings. The average molecular weight is 335 g/mol. The highest BCUT2D eigenvalue weighted by atomic mass is 19.1. The second-order valence-electron chi connectivity index (χ2n) is 5.95. The SMILES string of the molecule is O=C(COCC1CCCO1)NCCCc1nc2ccc(F)cc2[nH]1. The fourth-order valence-electron chi connectivity index (χ4n) is 2.75. The van der Waals surface area contributed by atoms with Gasteiger partial charge in [0.1, 0.15) is 18.2 Å². The van der Waals surface area contributed by atoms with Crippen LogP contribution in [0.5, 0.6) is 0 Å².